The lowest BCUT2D eigenvalue weighted by Crippen LogP contribution is -2.12. The number of nitrogens with zero attached hydrogens (tertiary/aromatic N) is 2. The molecule has 0 radical (unpaired) electrons. The first kappa shape index (κ1) is 12.1. The van der Waals surface area contributed by atoms with Gasteiger partial charge in [-0.2, -0.15) is 5.10 Å². The molecule has 1 heterocycles. The normalized spacial score (nSPS) is 12.9. The van der Waals surface area contributed by atoms with Gasteiger partial charge in [0.15, 0.2) is 0 Å². The van der Waals surface area contributed by atoms with Crippen LogP contribution in [-0.2, 0) is 7.05 Å². The molecular weight excluding hydrogens is 186 g/mol. The van der Waals surface area contributed by atoms with Crippen molar-refractivity contribution in [2.75, 3.05) is 11.9 Å². The second-order valence-electron chi connectivity index (χ2n) is 4.44. The van der Waals surface area contributed by atoms with Gasteiger partial charge in [-0.3, -0.25) is 4.68 Å². The zero-order valence-corrected chi connectivity index (χ0v) is 10.6. The molecule has 0 aliphatic rings. The van der Waals surface area contributed by atoms with Crippen molar-refractivity contribution in [1.29, 1.82) is 0 Å². The molecule has 0 fully saturated rings. The lowest BCUT2D eigenvalue weighted by molar-refractivity contribution is 0.550. The van der Waals surface area contributed by atoms with Crippen LogP contribution in [0.5, 0.6) is 0 Å². The SMILES string of the molecule is CCCC(C)CNc1c(C)nn(C)c1C. The fraction of sp³-hybridized carbons (Fsp3) is 0.750. The third-order valence-electron chi connectivity index (χ3n) is 2.92. The van der Waals surface area contributed by atoms with Crippen molar-refractivity contribution in [3.8, 4) is 0 Å². The molecule has 1 N–H and O–H groups in total. The van der Waals surface area contributed by atoms with E-state index in [0.29, 0.717) is 0 Å². The molecule has 0 aliphatic carbocycles. The summed E-state index contributed by atoms with van der Waals surface area (Å²) < 4.78 is 1.93. The van der Waals surface area contributed by atoms with E-state index in [0.717, 1.165) is 18.2 Å². The molecule has 1 aromatic heterocycles. The number of hydrogen-bond acceptors (Lipinski definition) is 2. The Kier molecular flexibility index (Phi) is 4.18. The molecule has 3 nitrogen and oxygen atoms in total. The predicted octanol–water partition coefficient (Wildman–Crippen LogP) is 2.89. The van der Waals surface area contributed by atoms with Gasteiger partial charge in [-0.05, 0) is 26.2 Å². The first-order valence-electron chi connectivity index (χ1n) is 5.80. The fourth-order valence-electron chi connectivity index (χ4n) is 1.90. The van der Waals surface area contributed by atoms with E-state index in [2.05, 4.69) is 38.1 Å². The molecule has 0 saturated carbocycles. The van der Waals surface area contributed by atoms with Crippen LogP contribution in [0.15, 0.2) is 0 Å². The van der Waals surface area contributed by atoms with Crippen molar-refractivity contribution < 1.29 is 0 Å². The topological polar surface area (TPSA) is 29.9 Å². The monoisotopic (exact) mass is 209 g/mol. The standard InChI is InChI=1S/C12H23N3/c1-6-7-9(2)8-13-12-10(3)14-15(5)11(12)4/h9,13H,6-8H2,1-5H3. The highest BCUT2D eigenvalue weighted by atomic mass is 15.3. The number of anilines is 1. The number of hydrogen-bond donors (Lipinski definition) is 1. The van der Waals surface area contributed by atoms with Crippen LogP contribution in [0.2, 0.25) is 0 Å². The molecule has 1 unspecified atom stereocenters. The maximum absolute atomic E-state index is 4.39. The van der Waals surface area contributed by atoms with Gasteiger partial charge in [0, 0.05) is 13.6 Å². The summed E-state index contributed by atoms with van der Waals surface area (Å²) in [5, 5.41) is 7.89. The van der Waals surface area contributed by atoms with Crippen LogP contribution in [0, 0.1) is 19.8 Å². The second-order valence-corrected chi connectivity index (χ2v) is 4.44. The Morgan fingerprint density at radius 2 is 2.07 bits per heavy atom. The molecular formula is C12H23N3. The van der Waals surface area contributed by atoms with E-state index in [1.54, 1.807) is 0 Å². The lowest BCUT2D eigenvalue weighted by Gasteiger charge is -2.12. The summed E-state index contributed by atoms with van der Waals surface area (Å²) in [4.78, 5) is 0. The van der Waals surface area contributed by atoms with E-state index in [1.807, 2.05) is 11.7 Å². The molecule has 0 bridgehead atoms. The highest BCUT2D eigenvalue weighted by molar-refractivity contribution is 5.51. The minimum atomic E-state index is 0.731. The van der Waals surface area contributed by atoms with Crippen LogP contribution in [0.3, 0.4) is 0 Å². The van der Waals surface area contributed by atoms with Crippen molar-refractivity contribution in [3.05, 3.63) is 11.4 Å². The quantitative estimate of drug-likeness (QED) is 0.808. The Hall–Kier alpha value is -0.990. The highest BCUT2D eigenvalue weighted by Gasteiger charge is 2.09. The van der Waals surface area contributed by atoms with E-state index >= 15 is 0 Å². The largest absolute Gasteiger partial charge is 0.382 e. The van der Waals surface area contributed by atoms with E-state index in [9.17, 15) is 0 Å². The third-order valence-corrected chi connectivity index (χ3v) is 2.92. The first-order chi connectivity index (χ1) is 7.06. The van der Waals surface area contributed by atoms with Crippen LogP contribution in [0.1, 0.15) is 38.1 Å². The molecule has 1 atom stereocenters. The Bertz CT molecular complexity index is 315. The molecule has 15 heavy (non-hydrogen) atoms. The van der Waals surface area contributed by atoms with E-state index < -0.39 is 0 Å². The van der Waals surface area contributed by atoms with Crippen molar-refractivity contribution in [2.24, 2.45) is 13.0 Å². The predicted molar refractivity (Wildman–Crippen MR) is 65.2 cm³/mol. The Morgan fingerprint density at radius 3 is 2.53 bits per heavy atom. The van der Waals surface area contributed by atoms with Crippen molar-refractivity contribution >= 4 is 5.69 Å². The summed E-state index contributed by atoms with van der Waals surface area (Å²) in [6.45, 7) is 9.72. The summed E-state index contributed by atoms with van der Waals surface area (Å²) in [5.41, 5.74) is 3.52. The second kappa shape index (κ2) is 5.19. The van der Waals surface area contributed by atoms with Gasteiger partial charge in [-0.15, -0.1) is 0 Å². The zero-order valence-electron chi connectivity index (χ0n) is 10.6. The van der Waals surface area contributed by atoms with Gasteiger partial charge in [-0.25, -0.2) is 0 Å². The molecule has 0 amide bonds. The maximum atomic E-state index is 4.39. The Labute approximate surface area is 92.9 Å². The van der Waals surface area contributed by atoms with Gasteiger partial charge in [0.2, 0.25) is 0 Å². The minimum absolute atomic E-state index is 0.731. The van der Waals surface area contributed by atoms with Gasteiger partial charge >= 0.3 is 0 Å². The molecule has 1 rings (SSSR count). The number of aryl methyl sites for hydroxylation is 2. The number of aromatic nitrogens is 2. The zero-order chi connectivity index (χ0) is 11.4. The summed E-state index contributed by atoms with van der Waals surface area (Å²) in [6, 6.07) is 0. The third kappa shape index (κ3) is 2.98. The summed E-state index contributed by atoms with van der Waals surface area (Å²) in [6.07, 6.45) is 2.54. The van der Waals surface area contributed by atoms with Crippen molar-refractivity contribution in [1.82, 2.24) is 9.78 Å². The minimum Gasteiger partial charge on any atom is -0.382 e. The van der Waals surface area contributed by atoms with E-state index in [-0.39, 0.29) is 0 Å². The summed E-state index contributed by atoms with van der Waals surface area (Å²) in [7, 11) is 1.99. The molecule has 0 aliphatic heterocycles. The van der Waals surface area contributed by atoms with Gasteiger partial charge in [0.05, 0.1) is 17.1 Å². The summed E-state index contributed by atoms with van der Waals surface area (Å²) in [5.74, 6) is 0.731. The first-order valence-corrected chi connectivity index (χ1v) is 5.80. The van der Waals surface area contributed by atoms with Gasteiger partial charge in [0.25, 0.3) is 0 Å². The molecule has 3 heteroatoms. The van der Waals surface area contributed by atoms with Gasteiger partial charge in [0.1, 0.15) is 0 Å². The molecule has 86 valence electrons. The maximum Gasteiger partial charge on any atom is 0.0827 e. The molecule has 0 spiro atoms. The van der Waals surface area contributed by atoms with Crippen LogP contribution >= 0.6 is 0 Å². The van der Waals surface area contributed by atoms with E-state index in [1.165, 1.54) is 24.2 Å². The van der Waals surface area contributed by atoms with Crippen LogP contribution in [0.4, 0.5) is 5.69 Å². The van der Waals surface area contributed by atoms with Crippen molar-refractivity contribution in [2.45, 2.75) is 40.5 Å². The average molecular weight is 209 g/mol. The van der Waals surface area contributed by atoms with Crippen LogP contribution in [0.25, 0.3) is 0 Å². The van der Waals surface area contributed by atoms with Crippen LogP contribution < -0.4 is 5.32 Å². The molecule has 0 aromatic carbocycles. The molecule has 0 saturated heterocycles. The van der Waals surface area contributed by atoms with Crippen LogP contribution in [-0.4, -0.2) is 16.3 Å². The van der Waals surface area contributed by atoms with Gasteiger partial charge < -0.3 is 5.32 Å². The molecule has 1 aromatic rings. The smallest absolute Gasteiger partial charge is 0.0827 e. The average Bonchev–Trinajstić information content (AvgIpc) is 2.40. The Morgan fingerprint density at radius 1 is 1.40 bits per heavy atom. The fourth-order valence-corrected chi connectivity index (χ4v) is 1.90. The lowest BCUT2D eigenvalue weighted by atomic mass is 10.1. The summed E-state index contributed by atoms with van der Waals surface area (Å²) >= 11 is 0. The van der Waals surface area contributed by atoms with E-state index in [4.69, 9.17) is 0 Å². The number of rotatable bonds is 5. The highest BCUT2D eigenvalue weighted by Crippen LogP contribution is 2.19. The Balaban J connectivity index is 2.57. The van der Waals surface area contributed by atoms with Crippen molar-refractivity contribution in [3.63, 3.8) is 0 Å². The number of nitrogens with one attached hydrogen (secondary N) is 1. The van der Waals surface area contributed by atoms with Gasteiger partial charge in [-0.1, -0.05) is 20.3 Å².